The Bertz CT molecular complexity index is 391. The molecule has 0 saturated heterocycles. The first-order valence-corrected chi connectivity index (χ1v) is 4.69. The maximum Gasteiger partial charge on any atom is 0.171 e. The Labute approximate surface area is 79.0 Å². The molecule has 0 atom stereocenters. The third-order valence-electron chi connectivity index (χ3n) is 1.63. The highest BCUT2D eigenvalue weighted by molar-refractivity contribution is 7.09. The molecule has 0 N–H and O–H groups in total. The Morgan fingerprint density at radius 3 is 3.15 bits per heavy atom. The van der Waals surface area contributed by atoms with Crippen molar-refractivity contribution in [3.05, 3.63) is 39.9 Å². The minimum atomic E-state index is 0.353. The average molecular weight is 193 g/mol. The number of hydrogen-bond acceptors (Lipinski definition) is 4. The molecule has 2 aromatic rings. The highest BCUT2D eigenvalue weighted by Crippen LogP contribution is 2.14. The van der Waals surface area contributed by atoms with Crippen LogP contribution in [0, 0.1) is 0 Å². The van der Waals surface area contributed by atoms with Crippen molar-refractivity contribution in [3.8, 4) is 0 Å². The lowest BCUT2D eigenvalue weighted by Crippen LogP contribution is -1.79. The molecule has 66 valence electrons. The van der Waals surface area contributed by atoms with Crippen LogP contribution in [0.25, 0.3) is 0 Å². The molecule has 0 fully saturated rings. The molecule has 3 nitrogen and oxygen atoms in total. The van der Waals surface area contributed by atoms with E-state index in [0.29, 0.717) is 18.4 Å². The van der Waals surface area contributed by atoms with Crippen molar-refractivity contribution >= 4 is 17.6 Å². The Kier molecular flexibility index (Phi) is 2.23. The summed E-state index contributed by atoms with van der Waals surface area (Å²) in [5.74, 6) is 0.726. The van der Waals surface area contributed by atoms with Crippen molar-refractivity contribution in [2.45, 2.75) is 6.42 Å². The van der Waals surface area contributed by atoms with E-state index in [-0.39, 0.29) is 0 Å². The van der Waals surface area contributed by atoms with Crippen LogP contribution < -0.4 is 0 Å². The monoisotopic (exact) mass is 193 g/mol. The van der Waals surface area contributed by atoms with Gasteiger partial charge in [-0.3, -0.25) is 4.79 Å². The smallest absolute Gasteiger partial charge is 0.171 e. The zero-order valence-electron chi connectivity index (χ0n) is 6.77. The van der Waals surface area contributed by atoms with Gasteiger partial charge < -0.3 is 4.52 Å². The second-order valence-corrected chi connectivity index (χ2v) is 3.62. The third-order valence-corrected chi connectivity index (χ3v) is 2.50. The normalized spacial score (nSPS) is 10.2. The summed E-state index contributed by atoms with van der Waals surface area (Å²) in [4.78, 5) is 11.5. The minimum absolute atomic E-state index is 0.353. The maximum absolute atomic E-state index is 10.3. The van der Waals surface area contributed by atoms with E-state index in [1.165, 1.54) is 4.88 Å². The summed E-state index contributed by atoms with van der Waals surface area (Å²) in [6, 6.07) is 5.66. The van der Waals surface area contributed by atoms with Crippen LogP contribution in [0.15, 0.2) is 28.1 Å². The van der Waals surface area contributed by atoms with Crippen molar-refractivity contribution in [1.82, 2.24) is 5.16 Å². The van der Waals surface area contributed by atoms with Crippen LogP contribution in [0.4, 0.5) is 0 Å². The lowest BCUT2D eigenvalue weighted by atomic mass is 10.2. The van der Waals surface area contributed by atoms with Gasteiger partial charge in [0.25, 0.3) is 0 Å². The van der Waals surface area contributed by atoms with E-state index in [1.54, 1.807) is 17.4 Å². The number of aldehydes is 1. The fraction of sp³-hybridized carbons (Fsp3) is 0.111. The van der Waals surface area contributed by atoms with Crippen molar-refractivity contribution in [1.29, 1.82) is 0 Å². The summed E-state index contributed by atoms with van der Waals surface area (Å²) in [5.41, 5.74) is 0.353. The predicted molar refractivity (Wildman–Crippen MR) is 49.0 cm³/mol. The van der Waals surface area contributed by atoms with Crippen molar-refractivity contribution in [3.63, 3.8) is 0 Å². The van der Waals surface area contributed by atoms with Gasteiger partial charge in [0, 0.05) is 17.4 Å². The van der Waals surface area contributed by atoms with Gasteiger partial charge >= 0.3 is 0 Å². The molecule has 0 aliphatic heterocycles. The van der Waals surface area contributed by atoms with Gasteiger partial charge in [-0.25, -0.2) is 0 Å². The molecule has 0 bridgehead atoms. The van der Waals surface area contributed by atoms with Gasteiger partial charge in [0.2, 0.25) is 0 Å². The van der Waals surface area contributed by atoms with Crippen LogP contribution in [0.3, 0.4) is 0 Å². The summed E-state index contributed by atoms with van der Waals surface area (Å²) in [5, 5.41) is 5.58. The number of carbonyl (C=O) groups excluding carboxylic acids is 1. The second kappa shape index (κ2) is 3.53. The molecule has 2 heterocycles. The summed E-state index contributed by atoms with van der Waals surface area (Å²) < 4.78 is 4.95. The molecule has 13 heavy (non-hydrogen) atoms. The SMILES string of the molecule is O=Cc1cc(Cc2cccs2)on1. The van der Waals surface area contributed by atoms with Crippen LogP contribution in [0.5, 0.6) is 0 Å². The molecule has 0 aromatic carbocycles. The van der Waals surface area contributed by atoms with E-state index in [1.807, 2.05) is 17.5 Å². The molecule has 0 amide bonds. The first-order chi connectivity index (χ1) is 6.38. The van der Waals surface area contributed by atoms with Gasteiger partial charge in [0.1, 0.15) is 11.5 Å². The average Bonchev–Trinajstić information content (AvgIpc) is 2.76. The van der Waals surface area contributed by atoms with Crippen LogP contribution in [-0.4, -0.2) is 11.4 Å². The number of nitrogens with zero attached hydrogens (tertiary/aromatic N) is 1. The number of hydrogen-bond donors (Lipinski definition) is 0. The number of thiophene rings is 1. The van der Waals surface area contributed by atoms with Crippen molar-refractivity contribution < 1.29 is 9.32 Å². The Balaban J connectivity index is 2.14. The van der Waals surface area contributed by atoms with Gasteiger partial charge in [-0.15, -0.1) is 11.3 Å². The van der Waals surface area contributed by atoms with Gasteiger partial charge in [0.05, 0.1) is 0 Å². The quantitative estimate of drug-likeness (QED) is 0.701. The van der Waals surface area contributed by atoms with Crippen molar-refractivity contribution in [2.24, 2.45) is 0 Å². The molecule has 0 aliphatic rings. The second-order valence-electron chi connectivity index (χ2n) is 2.59. The highest BCUT2D eigenvalue weighted by Gasteiger charge is 2.04. The topological polar surface area (TPSA) is 43.1 Å². The molecule has 2 aromatic heterocycles. The lowest BCUT2D eigenvalue weighted by Gasteiger charge is -1.88. The highest BCUT2D eigenvalue weighted by atomic mass is 32.1. The van der Waals surface area contributed by atoms with E-state index in [4.69, 9.17) is 4.52 Å². The molecule has 0 aliphatic carbocycles. The largest absolute Gasteiger partial charge is 0.360 e. The zero-order valence-corrected chi connectivity index (χ0v) is 7.58. The first-order valence-electron chi connectivity index (χ1n) is 3.81. The van der Waals surface area contributed by atoms with Crippen LogP contribution in [-0.2, 0) is 6.42 Å². The van der Waals surface area contributed by atoms with Crippen LogP contribution >= 0.6 is 11.3 Å². The standard InChI is InChI=1S/C9H7NO2S/c11-6-7-4-8(12-10-7)5-9-2-1-3-13-9/h1-4,6H,5H2. The molecular weight excluding hydrogens is 186 g/mol. The minimum Gasteiger partial charge on any atom is -0.360 e. The number of rotatable bonds is 3. The zero-order chi connectivity index (χ0) is 9.10. The van der Waals surface area contributed by atoms with E-state index in [0.717, 1.165) is 5.76 Å². The van der Waals surface area contributed by atoms with E-state index in [2.05, 4.69) is 5.16 Å². The molecule has 0 saturated carbocycles. The van der Waals surface area contributed by atoms with Crippen LogP contribution in [0.1, 0.15) is 21.1 Å². The number of aromatic nitrogens is 1. The molecule has 0 radical (unpaired) electrons. The number of carbonyl (C=O) groups is 1. The predicted octanol–water partition coefficient (Wildman–Crippen LogP) is 2.14. The molecule has 0 unspecified atom stereocenters. The fourth-order valence-corrected chi connectivity index (χ4v) is 1.77. The van der Waals surface area contributed by atoms with Gasteiger partial charge in [0.15, 0.2) is 6.29 Å². The molecule has 4 heteroatoms. The molecule has 0 spiro atoms. The summed E-state index contributed by atoms with van der Waals surface area (Å²) in [7, 11) is 0. The molecule has 2 rings (SSSR count). The lowest BCUT2D eigenvalue weighted by molar-refractivity contribution is 0.111. The third kappa shape index (κ3) is 1.84. The van der Waals surface area contributed by atoms with E-state index in [9.17, 15) is 4.79 Å². The summed E-state index contributed by atoms with van der Waals surface area (Å²) in [6.07, 6.45) is 1.39. The Hall–Kier alpha value is -1.42. The van der Waals surface area contributed by atoms with E-state index < -0.39 is 0 Å². The Morgan fingerprint density at radius 1 is 1.62 bits per heavy atom. The van der Waals surface area contributed by atoms with Crippen LogP contribution in [0.2, 0.25) is 0 Å². The summed E-state index contributed by atoms with van der Waals surface area (Å²) >= 11 is 1.66. The maximum atomic E-state index is 10.3. The summed E-state index contributed by atoms with van der Waals surface area (Å²) in [6.45, 7) is 0. The van der Waals surface area contributed by atoms with Gasteiger partial charge in [-0.1, -0.05) is 11.2 Å². The van der Waals surface area contributed by atoms with Crippen molar-refractivity contribution in [2.75, 3.05) is 0 Å². The van der Waals surface area contributed by atoms with Gasteiger partial charge in [-0.2, -0.15) is 0 Å². The molecular formula is C9H7NO2S. The van der Waals surface area contributed by atoms with Gasteiger partial charge in [-0.05, 0) is 11.4 Å². The Morgan fingerprint density at radius 2 is 2.54 bits per heavy atom. The fourth-order valence-electron chi connectivity index (χ4n) is 1.05. The first kappa shape index (κ1) is 8.19. The van der Waals surface area contributed by atoms with E-state index >= 15 is 0 Å².